The topological polar surface area (TPSA) is 202 Å². The normalized spacial score (nSPS) is 38.7. The third kappa shape index (κ3) is 9.30. The van der Waals surface area contributed by atoms with Crippen LogP contribution in [-0.4, -0.2) is 115 Å². The van der Waals surface area contributed by atoms with E-state index < -0.39 is 67.8 Å². The Morgan fingerprint density at radius 3 is 1.70 bits per heavy atom. The molecule has 0 bridgehead atoms. The average Bonchev–Trinajstić information content (AvgIpc) is 2.89. The summed E-state index contributed by atoms with van der Waals surface area (Å²) in [5.41, 5.74) is -1.88. The monoisotopic (exact) mass is 539 g/mol. The van der Waals surface area contributed by atoms with Crippen LogP contribution in [0.25, 0.3) is 0 Å². The van der Waals surface area contributed by atoms with Crippen LogP contribution in [0.2, 0.25) is 0 Å². The first kappa shape index (κ1) is 32.7. The van der Waals surface area contributed by atoms with E-state index >= 15 is 0 Å². The van der Waals surface area contributed by atoms with E-state index in [0.717, 1.165) is 19.3 Å². The smallest absolute Gasteiger partial charge is 0.189 e. The molecular formula is C25H49NO11. The summed E-state index contributed by atoms with van der Waals surface area (Å²) in [5.74, 6) is 0. The van der Waals surface area contributed by atoms with Gasteiger partial charge in [-0.05, 0) is 13.0 Å². The van der Waals surface area contributed by atoms with Gasteiger partial charge in [0.2, 0.25) is 0 Å². The summed E-state index contributed by atoms with van der Waals surface area (Å²) in [6, 6.07) is 0. The summed E-state index contributed by atoms with van der Waals surface area (Å²) in [4.78, 5) is 0. The van der Waals surface area contributed by atoms with Crippen molar-refractivity contribution in [3.8, 4) is 0 Å². The molecular weight excluding hydrogens is 490 g/mol. The number of hydrogen-bond acceptors (Lipinski definition) is 12. The lowest BCUT2D eigenvalue weighted by atomic mass is 9.92. The maximum Gasteiger partial charge on any atom is 0.189 e. The number of aliphatic hydroxyl groups excluding tert-OH is 8. The minimum Gasteiger partial charge on any atom is -0.392 e. The van der Waals surface area contributed by atoms with Crippen molar-refractivity contribution in [3.63, 3.8) is 0 Å². The first-order valence-electron chi connectivity index (χ1n) is 13.8. The SMILES string of the molecule is CCCCCCCCCCCCCCN[C@]1(CO)O[C@@H](O)[C@H](O)[C@H](O)[C@@H]1O[C@@H]1O[C@H](O)[C@@H](O)[C@H](O)[C@H]1O. The van der Waals surface area contributed by atoms with Gasteiger partial charge in [0.1, 0.15) is 36.6 Å². The van der Waals surface area contributed by atoms with Crippen LogP contribution in [0.15, 0.2) is 0 Å². The molecule has 10 atom stereocenters. The van der Waals surface area contributed by atoms with Gasteiger partial charge in [0.15, 0.2) is 24.6 Å². The quantitative estimate of drug-likeness (QED) is 0.104. The number of unbranched alkanes of at least 4 members (excludes halogenated alkanes) is 11. The first-order chi connectivity index (χ1) is 17.7. The second kappa shape index (κ2) is 16.6. The molecule has 2 aliphatic heterocycles. The molecule has 220 valence electrons. The number of rotatable bonds is 17. The van der Waals surface area contributed by atoms with Gasteiger partial charge in [0, 0.05) is 0 Å². The van der Waals surface area contributed by atoms with Crippen molar-refractivity contribution in [2.75, 3.05) is 13.2 Å². The Labute approximate surface area is 219 Å². The van der Waals surface area contributed by atoms with Crippen LogP contribution in [0.5, 0.6) is 0 Å². The Bertz CT molecular complexity index is 617. The molecule has 9 N–H and O–H groups in total. The molecule has 0 spiro atoms. The number of ether oxygens (including phenoxy) is 3. The van der Waals surface area contributed by atoms with Crippen molar-refractivity contribution >= 4 is 0 Å². The Kier molecular flexibility index (Phi) is 14.7. The Morgan fingerprint density at radius 2 is 1.16 bits per heavy atom. The van der Waals surface area contributed by atoms with Gasteiger partial charge in [-0.25, -0.2) is 0 Å². The number of nitrogens with one attached hydrogen (secondary N) is 1. The molecule has 0 aromatic carbocycles. The zero-order chi connectivity index (χ0) is 27.4. The second-order valence-electron chi connectivity index (χ2n) is 10.3. The van der Waals surface area contributed by atoms with Gasteiger partial charge in [-0.3, -0.25) is 5.32 Å². The predicted molar refractivity (Wildman–Crippen MR) is 132 cm³/mol. The molecule has 0 radical (unpaired) electrons. The van der Waals surface area contributed by atoms with Crippen molar-refractivity contribution in [3.05, 3.63) is 0 Å². The van der Waals surface area contributed by atoms with Crippen molar-refractivity contribution in [2.24, 2.45) is 0 Å². The zero-order valence-corrected chi connectivity index (χ0v) is 21.9. The molecule has 0 aromatic rings. The highest BCUT2D eigenvalue weighted by molar-refractivity contribution is 5.00. The maximum atomic E-state index is 10.6. The fourth-order valence-corrected chi connectivity index (χ4v) is 4.84. The molecule has 2 fully saturated rings. The Balaban J connectivity index is 1.83. The van der Waals surface area contributed by atoms with Crippen molar-refractivity contribution < 1.29 is 55.1 Å². The maximum absolute atomic E-state index is 10.6. The van der Waals surface area contributed by atoms with Crippen molar-refractivity contribution in [1.82, 2.24) is 5.32 Å². The summed E-state index contributed by atoms with van der Waals surface area (Å²) in [6.45, 7) is 1.76. The summed E-state index contributed by atoms with van der Waals surface area (Å²) < 4.78 is 16.0. The van der Waals surface area contributed by atoms with Crippen LogP contribution in [0.3, 0.4) is 0 Å². The van der Waals surface area contributed by atoms with E-state index in [9.17, 15) is 40.9 Å². The molecule has 12 nitrogen and oxygen atoms in total. The number of aliphatic hydroxyl groups is 8. The van der Waals surface area contributed by atoms with E-state index in [-0.39, 0.29) is 0 Å². The summed E-state index contributed by atoms with van der Waals surface area (Å²) >= 11 is 0. The van der Waals surface area contributed by atoms with Crippen LogP contribution >= 0.6 is 0 Å². The van der Waals surface area contributed by atoms with Gasteiger partial charge in [-0.15, -0.1) is 0 Å². The Hall–Kier alpha value is -0.480. The van der Waals surface area contributed by atoms with E-state index in [1.807, 2.05) is 0 Å². The summed E-state index contributed by atoms with van der Waals surface area (Å²) in [5, 5.41) is 83.5. The van der Waals surface area contributed by atoms with Crippen LogP contribution in [0.4, 0.5) is 0 Å². The van der Waals surface area contributed by atoms with Crippen LogP contribution in [0.1, 0.15) is 84.0 Å². The third-order valence-electron chi connectivity index (χ3n) is 7.26. The molecule has 0 aromatic heterocycles. The molecule has 2 saturated heterocycles. The standard InChI is InChI=1S/C25H49NO11/c1-2-3-4-5-6-7-8-9-10-11-12-13-14-26-25(15-27)21(17(29)19(31)23(34)37-25)35-24-20(32)16(28)18(30)22(33)36-24/h16-24,26-34H,2-15H2,1H3/t16-,17-,18-,19+,20+,21-,22-,23+,24+,25+/m0/s1. The minimum absolute atomic E-state index is 0.325. The number of hydrogen-bond donors (Lipinski definition) is 9. The van der Waals surface area contributed by atoms with E-state index in [1.54, 1.807) is 0 Å². The lowest BCUT2D eigenvalue weighted by Gasteiger charge is -2.50. The summed E-state index contributed by atoms with van der Waals surface area (Å²) in [7, 11) is 0. The van der Waals surface area contributed by atoms with E-state index in [2.05, 4.69) is 12.2 Å². The molecule has 0 saturated carbocycles. The Morgan fingerprint density at radius 1 is 0.649 bits per heavy atom. The molecule has 2 rings (SSSR count). The third-order valence-corrected chi connectivity index (χ3v) is 7.26. The second-order valence-corrected chi connectivity index (χ2v) is 10.3. The van der Waals surface area contributed by atoms with E-state index in [0.29, 0.717) is 13.0 Å². The zero-order valence-electron chi connectivity index (χ0n) is 21.9. The van der Waals surface area contributed by atoms with Gasteiger partial charge < -0.3 is 55.1 Å². The molecule has 2 aliphatic rings. The summed E-state index contributed by atoms with van der Waals surface area (Å²) in [6.07, 6.45) is -2.10. The molecule has 0 amide bonds. The molecule has 0 unspecified atom stereocenters. The first-order valence-corrected chi connectivity index (χ1v) is 13.8. The highest BCUT2D eigenvalue weighted by Gasteiger charge is 2.57. The van der Waals surface area contributed by atoms with E-state index in [1.165, 1.54) is 51.4 Å². The van der Waals surface area contributed by atoms with Crippen LogP contribution in [0, 0.1) is 0 Å². The van der Waals surface area contributed by atoms with Crippen LogP contribution < -0.4 is 5.32 Å². The van der Waals surface area contributed by atoms with Gasteiger partial charge in [0.25, 0.3) is 0 Å². The van der Waals surface area contributed by atoms with Gasteiger partial charge in [-0.1, -0.05) is 77.6 Å². The average molecular weight is 540 g/mol. The largest absolute Gasteiger partial charge is 0.392 e. The lowest BCUT2D eigenvalue weighted by molar-refractivity contribution is -0.396. The fraction of sp³-hybridized carbons (Fsp3) is 1.00. The van der Waals surface area contributed by atoms with Gasteiger partial charge in [-0.2, -0.15) is 0 Å². The molecule has 37 heavy (non-hydrogen) atoms. The molecule has 2 heterocycles. The highest BCUT2D eigenvalue weighted by Crippen LogP contribution is 2.33. The van der Waals surface area contributed by atoms with Crippen LogP contribution in [-0.2, 0) is 14.2 Å². The highest BCUT2D eigenvalue weighted by atomic mass is 16.8. The van der Waals surface area contributed by atoms with Crippen molar-refractivity contribution in [1.29, 1.82) is 0 Å². The van der Waals surface area contributed by atoms with E-state index in [4.69, 9.17) is 14.2 Å². The fourth-order valence-electron chi connectivity index (χ4n) is 4.84. The molecule has 0 aliphatic carbocycles. The minimum atomic E-state index is -1.89. The van der Waals surface area contributed by atoms with Crippen molar-refractivity contribution in [2.45, 2.75) is 145 Å². The predicted octanol–water partition coefficient (Wildman–Crippen LogP) is -0.821. The van der Waals surface area contributed by atoms with Gasteiger partial charge >= 0.3 is 0 Å². The molecule has 12 heteroatoms. The lowest BCUT2D eigenvalue weighted by Crippen LogP contribution is -2.73. The van der Waals surface area contributed by atoms with Gasteiger partial charge in [0.05, 0.1) is 6.61 Å².